The summed E-state index contributed by atoms with van der Waals surface area (Å²) in [5.74, 6) is 2.11. The van der Waals surface area contributed by atoms with Crippen LogP contribution in [0.1, 0.15) is 62.3 Å². The van der Waals surface area contributed by atoms with Crippen LogP contribution in [0, 0.1) is 31.6 Å². The van der Waals surface area contributed by atoms with Gasteiger partial charge in [-0.3, -0.25) is 0 Å². The van der Waals surface area contributed by atoms with Crippen LogP contribution in [0.15, 0.2) is 18.2 Å². The molecule has 1 N–H and O–H groups in total. The SMILES string of the molecule is Cc1ccc(C)c(C(O)C2CCC(C(C)C)CC2)c1. The van der Waals surface area contributed by atoms with Crippen molar-refractivity contribution >= 4 is 0 Å². The summed E-state index contributed by atoms with van der Waals surface area (Å²) in [6.45, 7) is 8.86. The van der Waals surface area contributed by atoms with Gasteiger partial charge < -0.3 is 5.11 Å². The molecule has 1 aliphatic carbocycles. The van der Waals surface area contributed by atoms with Gasteiger partial charge in [0, 0.05) is 0 Å². The molecule has 1 fully saturated rings. The number of aliphatic hydroxyl groups excluding tert-OH is 1. The second kappa shape index (κ2) is 6.09. The van der Waals surface area contributed by atoms with Crippen molar-refractivity contribution in [3.8, 4) is 0 Å². The third-order valence-corrected chi connectivity index (χ3v) is 4.96. The van der Waals surface area contributed by atoms with Gasteiger partial charge in [0.15, 0.2) is 0 Å². The first-order valence-corrected chi connectivity index (χ1v) is 7.74. The molecule has 1 saturated carbocycles. The summed E-state index contributed by atoms with van der Waals surface area (Å²) < 4.78 is 0. The van der Waals surface area contributed by atoms with E-state index in [0.717, 1.165) is 17.4 Å². The zero-order chi connectivity index (χ0) is 14.0. The second-order valence-electron chi connectivity index (χ2n) is 6.72. The molecule has 0 amide bonds. The van der Waals surface area contributed by atoms with E-state index in [2.05, 4.69) is 45.9 Å². The van der Waals surface area contributed by atoms with Crippen LogP contribution in [-0.2, 0) is 0 Å². The van der Waals surface area contributed by atoms with Gasteiger partial charge in [-0.05, 0) is 68.4 Å². The van der Waals surface area contributed by atoms with Crippen LogP contribution in [-0.4, -0.2) is 5.11 Å². The van der Waals surface area contributed by atoms with Crippen LogP contribution in [0.25, 0.3) is 0 Å². The maximum Gasteiger partial charge on any atom is 0.0820 e. The van der Waals surface area contributed by atoms with E-state index < -0.39 is 0 Å². The molecule has 19 heavy (non-hydrogen) atoms. The fraction of sp³-hybridized carbons (Fsp3) is 0.667. The van der Waals surface area contributed by atoms with E-state index in [1.54, 1.807) is 0 Å². The van der Waals surface area contributed by atoms with Crippen molar-refractivity contribution in [2.45, 2.75) is 59.5 Å². The molecule has 1 aromatic carbocycles. The first kappa shape index (κ1) is 14.6. The maximum atomic E-state index is 10.7. The average Bonchev–Trinajstić information content (AvgIpc) is 2.41. The second-order valence-corrected chi connectivity index (χ2v) is 6.72. The van der Waals surface area contributed by atoms with Crippen LogP contribution in [0.3, 0.4) is 0 Å². The lowest BCUT2D eigenvalue weighted by atomic mass is 9.74. The third kappa shape index (κ3) is 3.39. The van der Waals surface area contributed by atoms with Gasteiger partial charge in [-0.1, -0.05) is 37.6 Å². The molecule has 0 spiro atoms. The minimum Gasteiger partial charge on any atom is -0.388 e. The van der Waals surface area contributed by atoms with Gasteiger partial charge in [0.05, 0.1) is 6.10 Å². The van der Waals surface area contributed by atoms with Crippen molar-refractivity contribution < 1.29 is 5.11 Å². The molecule has 2 rings (SSSR count). The molecule has 0 radical (unpaired) electrons. The van der Waals surface area contributed by atoms with Crippen molar-refractivity contribution in [2.75, 3.05) is 0 Å². The monoisotopic (exact) mass is 260 g/mol. The van der Waals surface area contributed by atoms with E-state index in [0.29, 0.717) is 5.92 Å². The Balaban J connectivity index is 2.05. The summed E-state index contributed by atoms with van der Waals surface area (Å²) in [6, 6.07) is 6.42. The number of hydrogen-bond acceptors (Lipinski definition) is 1. The van der Waals surface area contributed by atoms with Crippen LogP contribution in [0.4, 0.5) is 0 Å². The summed E-state index contributed by atoms with van der Waals surface area (Å²) in [7, 11) is 0. The van der Waals surface area contributed by atoms with E-state index >= 15 is 0 Å². The first-order chi connectivity index (χ1) is 8.99. The topological polar surface area (TPSA) is 20.2 Å². The molecule has 1 nitrogen and oxygen atoms in total. The molecule has 0 aromatic heterocycles. The molecule has 1 aromatic rings. The molecule has 0 saturated heterocycles. The van der Waals surface area contributed by atoms with Gasteiger partial charge >= 0.3 is 0 Å². The first-order valence-electron chi connectivity index (χ1n) is 7.74. The van der Waals surface area contributed by atoms with Crippen LogP contribution < -0.4 is 0 Å². The summed E-state index contributed by atoms with van der Waals surface area (Å²) in [4.78, 5) is 0. The molecule has 1 heteroatoms. The van der Waals surface area contributed by atoms with Crippen LogP contribution >= 0.6 is 0 Å². The van der Waals surface area contributed by atoms with Crippen LogP contribution in [0.2, 0.25) is 0 Å². The van der Waals surface area contributed by atoms with Gasteiger partial charge in [0.1, 0.15) is 0 Å². The van der Waals surface area contributed by atoms with Gasteiger partial charge in [0.2, 0.25) is 0 Å². The van der Waals surface area contributed by atoms with Crippen molar-refractivity contribution in [3.63, 3.8) is 0 Å². The number of rotatable bonds is 3. The molecular formula is C18H28O. The summed E-state index contributed by atoms with van der Waals surface area (Å²) in [5.41, 5.74) is 3.62. The largest absolute Gasteiger partial charge is 0.388 e. The summed E-state index contributed by atoms with van der Waals surface area (Å²) in [5, 5.41) is 10.7. The molecule has 1 atom stereocenters. The minimum atomic E-state index is -0.270. The van der Waals surface area contributed by atoms with Gasteiger partial charge in [-0.2, -0.15) is 0 Å². The zero-order valence-corrected chi connectivity index (χ0v) is 12.8. The third-order valence-electron chi connectivity index (χ3n) is 4.96. The number of benzene rings is 1. The molecular weight excluding hydrogens is 232 g/mol. The Hall–Kier alpha value is -0.820. The molecule has 106 valence electrons. The normalized spacial score (nSPS) is 25.6. The highest BCUT2D eigenvalue weighted by Gasteiger charge is 2.29. The lowest BCUT2D eigenvalue weighted by Gasteiger charge is -2.34. The van der Waals surface area contributed by atoms with E-state index in [4.69, 9.17) is 0 Å². The summed E-state index contributed by atoms with van der Waals surface area (Å²) in [6.07, 6.45) is 4.65. The highest BCUT2D eigenvalue weighted by Crippen LogP contribution is 2.40. The van der Waals surface area contributed by atoms with Crippen molar-refractivity contribution in [1.29, 1.82) is 0 Å². The Morgan fingerprint density at radius 3 is 2.16 bits per heavy atom. The lowest BCUT2D eigenvalue weighted by molar-refractivity contribution is 0.0663. The smallest absolute Gasteiger partial charge is 0.0820 e. The molecule has 0 bridgehead atoms. The molecule has 0 aliphatic heterocycles. The molecule has 1 unspecified atom stereocenters. The quantitative estimate of drug-likeness (QED) is 0.827. The predicted molar refractivity (Wildman–Crippen MR) is 81.2 cm³/mol. The Kier molecular flexibility index (Phi) is 4.67. The maximum absolute atomic E-state index is 10.7. The standard InChI is InChI=1S/C18H28O/c1-12(2)15-7-9-16(10-8-15)18(19)17-11-13(3)5-6-14(17)4/h5-6,11-12,15-16,18-19H,7-10H2,1-4H3. The van der Waals surface area contributed by atoms with Gasteiger partial charge in [-0.15, -0.1) is 0 Å². The van der Waals surface area contributed by atoms with E-state index in [9.17, 15) is 5.11 Å². The van der Waals surface area contributed by atoms with Crippen molar-refractivity contribution in [3.05, 3.63) is 34.9 Å². The fourth-order valence-corrected chi connectivity index (χ4v) is 3.46. The van der Waals surface area contributed by atoms with E-state index in [1.165, 1.54) is 36.8 Å². The van der Waals surface area contributed by atoms with E-state index in [1.807, 2.05) is 0 Å². The number of aliphatic hydroxyl groups is 1. The van der Waals surface area contributed by atoms with Gasteiger partial charge in [-0.25, -0.2) is 0 Å². The highest BCUT2D eigenvalue weighted by atomic mass is 16.3. The Morgan fingerprint density at radius 1 is 1.00 bits per heavy atom. The summed E-state index contributed by atoms with van der Waals surface area (Å²) >= 11 is 0. The predicted octanol–water partition coefficient (Wildman–Crippen LogP) is 4.80. The Morgan fingerprint density at radius 2 is 1.58 bits per heavy atom. The van der Waals surface area contributed by atoms with Crippen LogP contribution in [0.5, 0.6) is 0 Å². The number of aryl methyl sites for hydroxylation is 2. The Bertz CT molecular complexity index is 414. The van der Waals surface area contributed by atoms with E-state index in [-0.39, 0.29) is 6.10 Å². The van der Waals surface area contributed by atoms with Crippen molar-refractivity contribution in [1.82, 2.24) is 0 Å². The highest BCUT2D eigenvalue weighted by molar-refractivity contribution is 5.32. The Labute approximate surface area is 118 Å². The average molecular weight is 260 g/mol. The molecule has 0 heterocycles. The fourth-order valence-electron chi connectivity index (χ4n) is 3.46. The molecule has 1 aliphatic rings. The zero-order valence-electron chi connectivity index (χ0n) is 12.8. The van der Waals surface area contributed by atoms with Gasteiger partial charge in [0.25, 0.3) is 0 Å². The lowest BCUT2D eigenvalue weighted by Crippen LogP contribution is -2.23. The van der Waals surface area contributed by atoms with Crippen molar-refractivity contribution in [2.24, 2.45) is 17.8 Å². The number of hydrogen-bond donors (Lipinski definition) is 1. The minimum absolute atomic E-state index is 0.270.